The molecule has 102 valence electrons. The first-order chi connectivity index (χ1) is 9.06. The number of benzene rings is 1. The van der Waals surface area contributed by atoms with E-state index < -0.39 is 11.5 Å². The van der Waals surface area contributed by atoms with E-state index in [2.05, 4.69) is 5.32 Å². The van der Waals surface area contributed by atoms with E-state index in [0.29, 0.717) is 5.56 Å². The summed E-state index contributed by atoms with van der Waals surface area (Å²) in [6, 6.07) is 8.75. The van der Waals surface area contributed by atoms with Crippen molar-refractivity contribution in [2.75, 3.05) is 13.4 Å². The van der Waals surface area contributed by atoms with Crippen LogP contribution in [0.1, 0.15) is 24.2 Å². The number of ether oxygens (including phenoxy) is 2. The first kappa shape index (κ1) is 13.5. The molecule has 5 heteroatoms. The molecule has 0 bridgehead atoms. The number of rotatable bonds is 3. The fraction of sp³-hybridized carbons (Fsp3) is 0.429. The van der Waals surface area contributed by atoms with Gasteiger partial charge in [-0.25, -0.2) is 4.79 Å². The minimum absolute atomic E-state index is 0.0610. The van der Waals surface area contributed by atoms with E-state index in [1.165, 1.54) is 0 Å². The smallest absolute Gasteiger partial charge is 0.336 e. The van der Waals surface area contributed by atoms with Gasteiger partial charge in [-0.05, 0) is 18.1 Å². The molecule has 1 aromatic rings. The molecule has 1 N–H and O–H groups in total. The summed E-state index contributed by atoms with van der Waals surface area (Å²) in [5, 5.41) is 2.76. The number of hydrogen-bond acceptors (Lipinski definition) is 4. The van der Waals surface area contributed by atoms with Gasteiger partial charge in [0, 0.05) is 5.56 Å². The number of carbonyl (C=O) groups excluding carboxylic acids is 2. The quantitative estimate of drug-likeness (QED) is 0.836. The molecule has 1 saturated heterocycles. The highest BCUT2D eigenvalue weighted by molar-refractivity contribution is 5.98. The second-order valence-corrected chi connectivity index (χ2v) is 4.84. The fourth-order valence-corrected chi connectivity index (χ4v) is 1.98. The third-order valence-electron chi connectivity index (χ3n) is 3.33. The number of amides is 1. The summed E-state index contributed by atoms with van der Waals surface area (Å²) in [5.74, 6) is -0.886. The van der Waals surface area contributed by atoms with Crippen molar-refractivity contribution in [3.8, 4) is 0 Å². The third kappa shape index (κ3) is 2.61. The number of hydrogen-bond donors (Lipinski definition) is 1. The van der Waals surface area contributed by atoms with Crippen LogP contribution < -0.4 is 5.32 Å². The van der Waals surface area contributed by atoms with Crippen LogP contribution in [-0.2, 0) is 14.3 Å². The average molecular weight is 263 g/mol. The number of cyclic esters (lactones) is 1. The summed E-state index contributed by atoms with van der Waals surface area (Å²) in [6.45, 7) is 3.76. The Kier molecular flexibility index (Phi) is 3.85. The molecule has 0 aliphatic carbocycles. The summed E-state index contributed by atoms with van der Waals surface area (Å²) < 4.78 is 10.1. The van der Waals surface area contributed by atoms with Crippen LogP contribution in [-0.4, -0.2) is 30.8 Å². The second-order valence-electron chi connectivity index (χ2n) is 4.84. The lowest BCUT2D eigenvalue weighted by atomic mass is 9.86. The summed E-state index contributed by atoms with van der Waals surface area (Å²) >= 11 is 0. The van der Waals surface area contributed by atoms with Gasteiger partial charge in [0.25, 0.3) is 5.91 Å². The zero-order chi connectivity index (χ0) is 13.9. The second kappa shape index (κ2) is 5.40. The molecule has 1 fully saturated rings. The van der Waals surface area contributed by atoms with Gasteiger partial charge in [0.1, 0.15) is 0 Å². The highest BCUT2D eigenvalue weighted by atomic mass is 16.7. The zero-order valence-electron chi connectivity index (χ0n) is 11.0. The SMILES string of the molecule is CC(C)[C@]1(NC(=O)c2ccccc2)COCOC1=O. The van der Waals surface area contributed by atoms with E-state index >= 15 is 0 Å². The molecule has 0 radical (unpaired) electrons. The maximum atomic E-state index is 12.2. The van der Waals surface area contributed by atoms with Gasteiger partial charge < -0.3 is 14.8 Å². The van der Waals surface area contributed by atoms with E-state index in [4.69, 9.17) is 9.47 Å². The predicted octanol–water partition coefficient (Wildman–Crippen LogP) is 1.34. The summed E-state index contributed by atoms with van der Waals surface area (Å²) in [4.78, 5) is 24.2. The Labute approximate surface area is 111 Å². The van der Waals surface area contributed by atoms with Crippen LogP contribution in [0.5, 0.6) is 0 Å². The van der Waals surface area contributed by atoms with E-state index in [-0.39, 0.29) is 25.2 Å². The molecule has 1 atom stereocenters. The van der Waals surface area contributed by atoms with Crippen molar-refractivity contribution in [1.29, 1.82) is 0 Å². The molecule has 1 aromatic carbocycles. The highest BCUT2D eigenvalue weighted by Gasteiger charge is 2.47. The van der Waals surface area contributed by atoms with E-state index in [1.54, 1.807) is 24.3 Å². The molecule has 19 heavy (non-hydrogen) atoms. The van der Waals surface area contributed by atoms with Crippen LogP contribution in [0.15, 0.2) is 30.3 Å². The number of carbonyl (C=O) groups is 2. The van der Waals surface area contributed by atoms with Gasteiger partial charge in [0.2, 0.25) is 0 Å². The molecule has 5 nitrogen and oxygen atoms in total. The Bertz CT molecular complexity index is 472. The molecular formula is C14H17NO4. The summed E-state index contributed by atoms with van der Waals surface area (Å²) in [6.07, 6.45) is 0. The molecule has 0 spiro atoms. The van der Waals surface area contributed by atoms with Gasteiger partial charge in [-0.1, -0.05) is 32.0 Å². The first-order valence-corrected chi connectivity index (χ1v) is 6.19. The van der Waals surface area contributed by atoms with Crippen molar-refractivity contribution in [3.05, 3.63) is 35.9 Å². The fourth-order valence-electron chi connectivity index (χ4n) is 1.98. The molecule has 0 saturated carbocycles. The Morgan fingerprint density at radius 3 is 2.58 bits per heavy atom. The van der Waals surface area contributed by atoms with Crippen molar-refractivity contribution in [2.24, 2.45) is 5.92 Å². The van der Waals surface area contributed by atoms with Gasteiger partial charge >= 0.3 is 5.97 Å². The first-order valence-electron chi connectivity index (χ1n) is 6.19. The van der Waals surface area contributed by atoms with Gasteiger partial charge in [-0.2, -0.15) is 0 Å². The molecule has 1 heterocycles. The van der Waals surface area contributed by atoms with Crippen molar-refractivity contribution in [3.63, 3.8) is 0 Å². The molecule has 1 amide bonds. The minimum atomic E-state index is -1.12. The van der Waals surface area contributed by atoms with Crippen molar-refractivity contribution >= 4 is 11.9 Å². The largest absolute Gasteiger partial charge is 0.437 e. The average Bonchev–Trinajstić information content (AvgIpc) is 2.42. The monoisotopic (exact) mass is 263 g/mol. The van der Waals surface area contributed by atoms with E-state index in [0.717, 1.165) is 0 Å². The zero-order valence-corrected chi connectivity index (χ0v) is 11.0. The lowest BCUT2D eigenvalue weighted by molar-refractivity contribution is -0.188. The van der Waals surface area contributed by atoms with E-state index in [1.807, 2.05) is 19.9 Å². The summed E-state index contributed by atoms with van der Waals surface area (Å²) in [7, 11) is 0. The standard InChI is InChI=1S/C14H17NO4/c1-10(2)14(8-18-9-19-13(14)17)15-12(16)11-6-4-3-5-7-11/h3-7,10H,8-9H2,1-2H3,(H,15,16)/t14-/m1/s1. The van der Waals surface area contributed by atoms with Crippen LogP contribution in [0.2, 0.25) is 0 Å². The van der Waals surface area contributed by atoms with Crippen molar-refractivity contribution in [2.45, 2.75) is 19.4 Å². The third-order valence-corrected chi connectivity index (χ3v) is 3.33. The molecule has 0 unspecified atom stereocenters. The van der Waals surface area contributed by atoms with Crippen LogP contribution in [0, 0.1) is 5.92 Å². The summed E-state index contributed by atoms with van der Waals surface area (Å²) in [5.41, 5.74) is -0.619. The molecule has 1 aliphatic heterocycles. The molecular weight excluding hydrogens is 246 g/mol. The predicted molar refractivity (Wildman–Crippen MR) is 68.4 cm³/mol. The van der Waals surface area contributed by atoms with Crippen LogP contribution in [0.4, 0.5) is 0 Å². The van der Waals surface area contributed by atoms with Crippen molar-refractivity contribution < 1.29 is 19.1 Å². The Hall–Kier alpha value is -1.88. The number of esters is 1. The molecule has 1 aliphatic rings. The Morgan fingerprint density at radius 2 is 2.00 bits per heavy atom. The van der Waals surface area contributed by atoms with E-state index in [9.17, 15) is 9.59 Å². The highest BCUT2D eigenvalue weighted by Crippen LogP contribution is 2.23. The normalized spacial score (nSPS) is 23.0. The lowest BCUT2D eigenvalue weighted by Crippen LogP contribution is -2.63. The Morgan fingerprint density at radius 1 is 1.32 bits per heavy atom. The lowest BCUT2D eigenvalue weighted by Gasteiger charge is -2.38. The van der Waals surface area contributed by atoms with Crippen molar-refractivity contribution in [1.82, 2.24) is 5.32 Å². The Balaban J connectivity index is 2.22. The molecule has 0 aromatic heterocycles. The van der Waals surface area contributed by atoms with Gasteiger partial charge in [-0.15, -0.1) is 0 Å². The maximum absolute atomic E-state index is 12.2. The van der Waals surface area contributed by atoms with Gasteiger partial charge in [0.15, 0.2) is 12.3 Å². The molecule has 2 rings (SSSR count). The van der Waals surface area contributed by atoms with Gasteiger partial charge in [0.05, 0.1) is 6.61 Å². The number of nitrogens with one attached hydrogen (secondary N) is 1. The van der Waals surface area contributed by atoms with Gasteiger partial charge in [-0.3, -0.25) is 4.79 Å². The topological polar surface area (TPSA) is 64.6 Å². The van der Waals surface area contributed by atoms with Crippen LogP contribution >= 0.6 is 0 Å². The minimum Gasteiger partial charge on any atom is -0.437 e. The van der Waals surface area contributed by atoms with Crippen LogP contribution in [0.25, 0.3) is 0 Å². The maximum Gasteiger partial charge on any atom is 0.336 e. The van der Waals surface area contributed by atoms with Crippen LogP contribution in [0.3, 0.4) is 0 Å².